The lowest BCUT2D eigenvalue weighted by molar-refractivity contribution is 0.588. The Labute approximate surface area is 187 Å². The lowest BCUT2D eigenvalue weighted by atomic mass is 10.1. The van der Waals surface area contributed by atoms with Gasteiger partial charge in [0, 0.05) is 12.2 Å². The number of fused-ring (bicyclic) bond motifs is 1. The van der Waals surface area contributed by atoms with Crippen LogP contribution in [0.2, 0.25) is 5.28 Å². The second-order valence-electron chi connectivity index (χ2n) is 6.78. The summed E-state index contributed by atoms with van der Waals surface area (Å²) in [7, 11) is -3.81. The zero-order chi connectivity index (χ0) is 20.6. The van der Waals surface area contributed by atoms with Crippen molar-refractivity contribution in [1.82, 2.24) is 13.9 Å². The highest BCUT2D eigenvalue weighted by Crippen LogP contribution is 2.29. The molecule has 0 saturated carbocycles. The van der Waals surface area contributed by atoms with Gasteiger partial charge >= 0.3 is 0 Å². The summed E-state index contributed by atoms with van der Waals surface area (Å²) >= 11 is 6.13. The van der Waals surface area contributed by atoms with Crippen LogP contribution in [0.5, 0.6) is 0 Å². The molecule has 0 radical (unpaired) electrons. The van der Waals surface area contributed by atoms with Gasteiger partial charge in [-0.15, -0.1) is 0 Å². The molecular formula is C21H21ClN4O2S2. The van der Waals surface area contributed by atoms with E-state index in [2.05, 4.69) is 15.3 Å². The molecule has 9 heteroatoms. The largest absolute Gasteiger partial charge is 0.363 e. The molecule has 0 saturated heterocycles. The highest BCUT2D eigenvalue weighted by atomic mass is 35.5. The van der Waals surface area contributed by atoms with Crippen LogP contribution in [0.4, 0.5) is 5.82 Å². The van der Waals surface area contributed by atoms with Crippen molar-refractivity contribution in [1.29, 1.82) is 0 Å². The van der Waals surface area contributed by atoms with E-state index in [1.54, 1.807) is 30.3 Å². The predicted molar refractivity (Wildman–Crippen MR) is 125 cm³/mol. The first kappa shape index (κ1) is 22.1. The van der Waals surface area contributed by atoms with Crippen molar-refractivity contribution in [3.05, 3.63) is 83.3 Å². The molecule has 0 unspecified atom stereocenters. The Kier molecular flexibility index (Phi) is 6.40. The summed E-state index contributed by atoms with van der Waals surface area (Å²) in [5.41, 5.74) is 2.28. The highest BCUT2D eigenvalue weighted by molar-refractivity contribution is 7.90. The fraction of sp³-hybridized carbons (Fsp3) is 0.143. The minimum Gasteiger partial charge on any atom is -0.363 e. The lowest BCUT2D eigenvalue weighted by Gasteiger charge is -2.16. The van der Waals surface area contributed by atoms with Crippen molar-refractivity contribution >= 4 is 52.0 Å². The van der Waals surface area contributed by atoms with Crippen molar-refractivity contribution in [3.63, 3.8) is 0 Å². The van der Waals surface area contributed by atoms with Crippen LogP contribution in [0.3, 0.4) is 0 Å². The van der Waals surface area contributed by atoms with E-state index in [0.29, 0.717) is 11.2 Å². The Hall–Kier alpha value is -2.55. The van der Waals surface area contributed by atoms with E-state index < -0.39 is 10.0 Å². The Bertz CT molecular complexity index is 1270. The number of anilines is 1. The summed E-state index contributed by atoms with van der Waals surface area (Å²) < 4.78 is 27.4. The fourth-order valence-corrected chi connectivity index (χ4v) is 4.58. The molecule has 0 fully saturated rings. The van der Waals surface area contributed by atoms with Gasteiger partial charge in [-0.1, -0.05) is 48.0 Å². The number of nitrogens with zero attached hydrogens (tertiary/aromatic N) is 3. The van der Waals surface area contributed by atoms with Gasteiger partial charge in [-0.25, -0.2) is 17.4 Å². The zero-order valence-electron chi connectivity index (χ0n) is 16.4. The topological polar surface area (TPSA) is 76.9 Å². The van der Waals surface area contributed by atoms with E-state index in [0.717, 1.165) is 15.1 Å². The third kappa shape index (κ3) is 4.16. The molecule has 0 bridgehead atoms. The van der Waals surface area contributed by atoms with Gasteiger partial charge < -0.3 is 5.32 Å². The maximum atomic E-state index is 13.1. The van der Waals surface area contributed by atoms with Gasteiger partial charge in [0.2, 0.25) is 5.28 Å². The van der Waals surface area contributed by atoms with Crippen molar-refractivity contribution in [2.24, 2.45) is 0 Å². The van der Waals surface area contributed by atoms with Crippen molar-refractivity contribution < 1.29 is 8.42 Å². The summed E-state index contributed by atoms with van der Waals surface area (Å²) in [4.78, 5) is 8.65. The quantitative estimate of drug-likeness (QED) is 0.428. The number of halogens is 1. The summed E-state index contributed by atoms with van der Waals surface area (Å²) in [6.07, 6.45) is 1.48. The number of aromatic nitrogens is 3. The summed E-state index contributed by atoms with van der Waals surface area (Å²) in [6, 6.07) is 18.2. The maximum absolute atomic E-state index is 13.1. The van der Waals surface area contributed by atoms with Crippen LogP contribution < -0.4 is 5.32 Å². The van der Waals surface area contributed by atoms with Crippen molar-refractivity contribution in [2.45, 2.75) is 24.8 Å². The van der Waals surface area contributed by atoms with Crippen LogP contribution >= 0.6 is 25.1 Å². The number of hydrogen-bond donors (Lipinski definition) is 1. The van der Waals surface area contributed by atoms with Gasteiger partial charge in [-0.3, -0.25) is 0 Å². The molecule has 1 atom stereocenters. The molecule has 156 valence electrons. The Balaban J connectivity index is 0.00000256. The molecule has 4 rings (SSSR count). The first-order chi connectivity index (χ1) is 13.9. The molecule has 0 aliphatic heterocycles. The number of rotatable bonds is 5. The molecule has 0 spiro atoms. The fourth-order valence-electron chi connectivity index (χ4n) is 3.12. The van der Waals surface area contributed by atoms with Crippen LogP contribution in [0.25, 0.3) is 11.0 Å². The summed E-state index contributed by atoms with van der Waals surface area (Å²) in [6.45, 7) is 3.90. The average molecular weight is 461 g/mol. The van der Waals surface area contributed by atoms with Gasteiger partial charge in [0.1, 0.15) is 5.82 Å². The molecule has 0 amide bonds. The van der Waals surface area contributed by atoms with E-state index in [4.69, 9.17) is 11.6 Å². The van der Waals surface area contributed by atoms with Crippen LogP contribution in [0, 0.1) is 6.92 Å². The van der Waals surface area contributed by atoms with Gasteiger partial charge in [0.25, 0.3) is 10.0 Å². The summed E-state index contributed by atoms with van der Waals surface area (Å²) in [5.74, 6) is 0.481. The second-order valence-corrected chi connectivity index (χ2v) is 8.94. The minimum absolute atomic E-state index is 0. The molecule has 4 aromatic rings. The minimum atomic E-state index is -3.81. The smallest absolute Gasteiger partial charge is 0.269 e. The monoisotopic (exact) mass is 460 g/mol. The number of hydrogen-bond acceptors (Lipinski definition) is 5. The van der Waals surface area contributed by atoms with E-state index >= 15 is 0 Å². The molecule has 6 nitrogen and oxygen atoms in total. The second kappa shape index (κ2) is 8.67. The third-order valence-electron chi connectivity index (χ3n) is 4.71. The van der Waals surface area contributed by atoms with Crippen molar-refractivity contribution in [3.8, 4) is 0 Å². The SMILES string of the molecule is Cc1ccc(S(=O)(=O)n2ccc3c(N[C@@H](C)c4ccccc4)nc(Cl)nc32)cc1.S. The third-order valence-corrected chi connectivity index (χ3v) is 6.56. The predicted octanol–water partition coefficient (Wildman–Crippen LogP) is 4.92. The summed E-state index contributed by atoms with van der Waals surface area (Å²) in [5, 5.41) is 3.86. The van der Waals surface area contributed by atoms with E-state index in [9.17, 15) is 8.42 Å². The lowest BCUT2D eigenvalue weighted by Crippen LogP contribution is -2.13. The molecule has 2 aromatic carbocycles. The highest BCUT2D eigenvalue weighted by Gasteiger charge is 2.22. The molecule has 2 heterocycles. The van der Waals surface area contributed by atoms with E-state index in [1.165, 1.54) is 6.20 Å². The number of benzene rings is 2. The zero-order valence-corrected chi connectivity index (χ0v) is 18.9. The standard InChI is InChI=1S/C21H19ClN4O2S.H2S/c1-14-8-10-17(11-9-14)29(27,28)26-13-12-18-19(24-21(22)25-20(18)26)23-15(2)16-6-4-3-5-7-16;/h3-13,15H,1-2H3,(H,23,24,25);1H2/t15-;/m0./s1. The van der Waals surface area contributed by atoms with E-state index in [1.807, 2.05) is 44.2 Å². The normalized spacial score (nSPS) is 12.4. The van der Waals surface area contributed by atoms with Gasteiger partial charge in [-0.2, -0.15) is 18.5 Å². The maximum Gasteiger partial charge on any atom is 0.269 e. The molecule has 0 aliphatic carbocycles. The Morgan fingerprint density at radius 1 is 1.00 bits per heavy atom. The molecule has 2 aromatic heterocycles. The Morgan fingerprint density at radius 2 is 1.67 bits per heavy atom. The molecule has 0 aliphatic rings. The molecule has 1 N–H and O–H groups in total. The van der Waals surface area contributed by atoms with Crippen molar-refractivity contribution in [2.75, 3.05) is 5.32 Å². The van der Waals surface area contributed by atoms with Gasteiger partial charge in [0.05, 0.1) is 10.3 Å². The van der Waals surface area contributed by atoms with Crippen LogP contribution in [-0.4, -0.2) is 22.4 Å². The van der Waals surface area contributed by atoms with E-state index in [-0.39, 0.29) is 35.4 Å². The van der Waals surface area contributed by atoms with Crippen LogP contribution in [0.1, 0.15) is 24.1 Å². The molecule has 30 heavy (non-hydrogen) atoms. The van der Waals surface area contributed by atoms with Crippen LogP contribution in [0.15, 0.2) is 71.8 Å². The van der Waals surface area contributed by atoms with Gasteiger partial charge in [-0.05, 0) is 49.2 Å². The molecular weight excluding hydrogens is 440 g/mol. The first-order valence-electron chi connectivity index (χ1n) is 9.04. The Morgan fingerprint density at radius 3 is 2.33 bits per heavy atom. The number of nitrogens with one attached hydrogen (secondary N) is 1. The van der Waals surface area contributed by atoms with Crippen LogP contribution in [-0.2, 0) is 10.0 Å². The average Bonchev–Trinajstić information content (AvgIpc) is 3.13. The number of aryl methyl sites for hydroxylation is 1. The first-order valence-corrected chi connectivity index (χ1v) is 10.9. The van der Waals surface area contributed by atoms with Gasteiger partial charge in [0.15, 0.2) is 5.65 Å².